The molecule has 0 aliphatic carbocycles. The number of nitrogens with one attached hydrogen (secondary N) is 1. The second-order valence-electron chi connectivity index (χ2n) is 5.69. The Morgan fingerprint density at radius 3 is 2.52 bits per heavy atom. The van der Waals surface area contributed by atoms with Gasteiger partial charge in [-0.05, 0) is 18.9 Å². The zero-order valence-electron chi connectivity index (χ0n) is 12.8. The summed E-state index contributed by atoms with van der Waals surface area (Å²) < 4.78 is 0. The lowest BCUT2D eigenvalue weighted by atomic mass is 10.1. The smallest absolute Gasteiger partial charge is 0.104 e. The summed E-state index contributed by atoms with van der Waals surface area (Å²) in [5, 5.41) is 3.74. The minimum absolute atomic E-state index is 1.01. The second kappa shape index (κ2) is 6.15. The van der Waals surface area contributed by atoms with Crippen LogP contribution >= 0.6 is 0 Å². The van der Waals surface area contributed by atoms with Crippen molar-refractivity contribution in [1.82, 2.24) is 4.98 Å². The van der Waals surface area contributed by atoms with E-state index < -0.39 is 0 Å². The van der Waals surface area contributed by atoms with E-state index in [1.807, 2.05) is 0 Å². The molecule has 0 aliphatic rings. The fraction of sp³-hybridized carbons (Fsp3) is 0.263. The summed E-state index contributed by atoms with van der Waals surface area (Å²) in [7, 11) is 0. The van der Waals surface area contributed by atoms with E-state index in [4.69, 9.17) is 0 Å². The lowest BCUT2D eigenvalue weighted by Gasteiger charge is -2.03. The van der Waals surface area contributed by atoms with Gasteiger partial charge in [0.1, 0.15) is 13.1 Å². The van der Waals surface area contributed by atoms with Crippen molar-refractivity contribution in [2.75, 3.05) is 0 Å². The first-order valence-corrected chi connectivity index (χ1v) is 7.73. The van der Waals surface area contributed by atoms with Crippen LogP contribution in [0.5, 0.6) is 0 Å². The van der Waals surface area contributed by atoms with Crippen LogP contribution in [0.3, 0.4) is 0 Å². The Morgan fingerprint density at radius 2 is 1.76 bits per heavy atom. The standard InChI is InChI=1S/C19H22N2/c1-3-16-5-4-6-18-17(13-21-19(16)18)12-20-11-15-9-7-14(2)8-10-15/h4-10,13,20-21H,3,11-12H2,1-2H3/p+1. The van der Waals surface area contributed by atoms with Gasteiger partial charge in [-0.1, -0.05) is 55.0 Å². The highest BCUT2D eigenvalue weighted by molar-refractivity contribution is 5.85. The molecule has 3 aromatic rings. The van der Waals surface area contributed by atoms with Crippen LogP contribution in [0.25, 0.3) is 10.9 Å². The van der Waals surface area contributed by atoms with Crippen LogP contribution in [-0.4, -0.2) is 4.98 Å². The van der Waals surface area contributed by atoms with Crippen LogP contribution in [0, 0.1) is 6.92 Å². The summed E-state index contributed by atoms with van der Waals surface area (Å²) >= 11 is 0. The molecular weight excluding hydrogens is 256 g/mol. The van der Waals surface area contributed by atoms with Gasteiger partial charge < -0.3 is 10.3 Å². The minimum Gasteiger partial charge on any atom is -0.360 e. The zero-order valence-corrected chi connectivity index (χ0v) is 12.8. The van der Waals surface area contributed by atoms with Crippen LogP contribution in [0.1, 0.15) is 29.2 Å². The number of aromatic amines is 1. The topological polar surface area (TPSA) is 32.4 Å². The molecule has 3 rings (SSSR count). The highest BCUT2D eigenvalue weighted by atomic mass is 14.9. The summed E-state index contributed by atoms with van der Waals surface area (Å²) in [6, 6.07) is 15.4. The van der Waals surface area contributed by atoms with Crippen molar-refractivity contribution in [2.45, 2.75) is 33.4 Å². The highest BCUT2D eigenvalue weighted by Gasteiger charge is 2.07. The minimum atomic E-state index is 1.01. The average molecular weight is 279 g/mol. The quantitative estimate of drug-likeness (QED) is 0.718. The van der Waals surface area contributed by atoms with Crippen LogP contribution < -0.4 is 5.32 Å². The van der Waals surface area contributed by atoms with Gasteiger partial charge >= 0.3 is 0 Å². The van der Waals surface area contributed by atoms with Crippen molar-refractivity contribution in [2.24, 2.45) is 0 Å². The van der Waals surface area contributed by atoms with Gasteiger partial charge in [-0.15, -0.1) is 0 Å². The molecule has 0 spiro atoms. The van der Waals surface area contributed by atoms with Gasteiger partial charge in [0.05, 0.1) is 0 Å². The van der Waals surface area contributed by atoms with E-state index in [1.165, 1.54) is 33.2 Å². The summed E-state index contributed by atoms with van der Waals surface area (Å²) in [6.45, 7) is 6.38. The molecule has 3 N–H and O–H groups in total. The number of rotatable bonds is 5. The lowest BCUT2D eigenvalue weighted by Crippen LogP contribution is -2.80. The molecule has 2 aromatic carbocycles. The Balaban J connectivity index is 1.69. The van der Waals surface area contributed by atoms with E-state index >= 15 is 0 Å². The Morgan fingerprint density at radius 1 is 0.952 bits per heavy atom. The molecule has 0 saturated carbocycles. The van der Waals surface area contributed by atoms with E-state index in [-0.39, 0.29) is 0 Å². The lowest BCUT2D eigenvalue weighted by molar-refractivity contribution is -0.686. The highest BCUT2D eigenvalue weighted by Crippen LogP contribution is 2.21. The van der Waals surface area contributed by atoms with Crippen molar-refractivity contribution in [3.05, 3.63) is 70.9 Å². The van der Waals surface area contributed by atoms with E-state index in [0.29, 0.717) is 0 Å². The number of aryl methyl sites for hydroxylation is 2. The van der Waals surface area contributed by atoms with Crippen LogP contribution in [0.15, 0.2) is 48.7 Å². The molecule has 0 amide bonds. The number of quaternary nitrogens is 1. The van der Waals surface area contributed by atoms with Crippen LogP contribution in [-0.2, 0) is 19.5 Å². The molecule has 0 aliphatic heterocycles. The predicted molar refractivity (Wildman–Crippen MR) is 88.2 cm³/mol. The number of H-pyrrole nitrogens is 1. The van der Waals surface area contributed by atoms with Gasteiger partial charge in [0.25, 0.3) is 0 Å². The normalized spacial score (nSPS) is 11.1. The third-order valence-electron chi connectivity index (χ3n) is 4.13. The molecule has 0 radical (unpaired) electrons. The Kier molecular flexibility index (Phi) is 4.07. The fourth-order valence-electron chi connectivity index (χ4n) is 2.86. The molecule has 21 heavy (non-hydrogen) atoms. The van der Waals surface area contributed by atoms with Crippen molar-refractivity contribution in [3.63, 3.8) is 0 Å². The Bertz CT molecular complexity index is 723. The maximum absolute atomic E-state index is 3.44. The summed E-state index contributed by atoms with van der Waals surface area (Å²) in [4.78, 5) is 3.44. The maximum atomic E-state index is 3.44. The first-order valence-electron chi connectivity index (χ1n) is 7.73. The monoisotopic (exact) mass is 279 g/mol. The number of hydrogen-bond acceptors (Lipinski definition) is 0. The SMILES string of the molecule is CCc1cccc2c(C[NH2+]Cc3ccc(C)cc3)c[nH]c12. The Labute approximate surface area is 126 Å². The van der Waals surface area contributed by atoms with Crippen molar-refractivity contribution < 1.29 is 5.32 Å². The molecule has 108 valence electrons. The first kappa shape index (κ1) is 13.9. The van der Waals surface area contributed by atoms with E-state index in [2.05, 4.69) is 72.8 Å². The fourth-order valence-corrected chi connectivity index (χ4v) is 2.86. The van der Waals surface area contributed by atoms with Gasteiger partial charge in [0.2, 0.25) is 0 Å². The molecule has 0 saturated heterocycles. The van der Waals surface area contributed by atoms with Gasteiger partial charge in [-0.25, -0.2) is 0 Å². The second-order valence-corrected chi connectivity index (χ2v) is 5.69. The number of nitrogens with two attached hydrogens (primary N) is 1. The molecule has 2 heteroatoms. The molecular formula is C19H23N2+. The number of hydrogen-bond donors (Lipinski definition) is 2. The van der Waals surface area contributed by atoms with Gasteiger partial charge in [-0.3, -0.25) is 0 Å². The van der Waals surface area contributed by atoms with Gasteiger partial charge in [-0.2, -0.15) is 0 Å². The molecule has 1 heterocycles. The maximum Gasteiger partial charge on any atom is 0.104 e. The van der Waals surface area contributed by atoms with Crippen LogP contribution in [0.2, 0.25) is 0 Å². The van der Waals surface area contributed by atoms with Gasteiger partial charge in [0, 0.05) is 28.2 Å². The zero-order chi connectivity index (χ0) is 14.7. The van der Waals surface area contributed by atoms with E-state index in [1.54, 1.807) is 0 Å². The number of aromatic nitrogens is 1. The number of fused-ring (bicyclic) bond motifs is 1. The number of para-hydroxylation sites is 1. The first-order chi connectivity index (χ1) is 10.3. The van der Waals surface area contributed by atoms with Crippen molar-refractivity contribution in [1.29, 1.82) is 0 Å². The summed E-state index contributed by atoms with van der Waals surface area (Å²) in [5.41, 5.74) is 6.81. The Hall–Kier alpha value is -2.06. The molecule has 0 fully saturated rings. The van der Waals surface area contributed by atoms with Crippen molar-refractivity contribution in [3.8, 4) is 0 Å². The number of benzene rings is 2. The third-order valence-corrected chi connectivity index (χ3v) is 4.13. The van der Waals surface area contributed by atoms with E-state index in [9.17, 15) is 0 Å². The summed E-state index contributed by atoms with van der Waals surface area (Å²) in [6.07, 6.45) is 3.24. The predicted octanol–water partition coefficient (Wildman–Crippen LogP) is 3.30. The van der Waals surface area contributed by atoms with Crippen molar-refractivity contribution >= 4 is 10.9 Å². The third kappa shape index (κ3) is 3.01. The molecule has 0 bridgehead atoms. The largest absolute Gasteiger partial charge is 0.360 e. The van der Waals surface area contributed by atoms with E-state index in [0.717, 1.165) is 19.5 Å². The summed E-state index contributed by atoms with van der Waals surface area (Å²) in [5.74, 6) is 0. The molecule has 0 atom stereocenters. The average Bonchev–Trinajstić information content (AvgIpc) is 2.92. The molecule has 1 aromatic heterocycles. The van der Waals surface area contributed by atoms with Crippen LogP contribution in [0.4, 0.5) is 0 Å². The van der Waals surface area contributed by atoms with Gasteiger partial charge in [0.15, 0.2) is 0 Å². The molecule has 0 unspecified atom stereocenters. The molecule has 2 nitrogen and oxygen atoms in total.